The number of rotatable bonds is 3. The molecular formula is C12H9BrN2O2. The van der Waals surface area contributed by atoms with Crippen molar-refractivity contribution >= 4 is 22.2 Å². The Bertz CT molecular complexity index is 558. The molecule has 2 rings (SSSR count). The number of aromatic nitrogens is 2. The topological polar surface area (TPSA) is 52.1 Å². The first kappa shape index (κ1) is 11.7. The lowest BCUT2D eigenvalue weighted by Crippen LogP contribution is -1.94. The molecule has 0 atom stereocenters. The summed E-state index contributed by atoms with van der Waals surface area (Å²) in [5.41, 5.74) is 1.81. The predicted octanol–water partition coefficient (Wildman–Crippen LogP) is 2.73. The molecule has 0 saturated heterocycles. The van der Waals surface area contributed by atoms with E-state index >= 15 is 0 Å². The van der Waals surface area contributed by atoms with E-state index in [1.165, 1.54) is 6.33 Å². The van der Waals surface area contributed by atoms with Crippen LogP contribution in [0.1, 0.15) is 10.5 Å². The summed E-state index contributed by atoms with van der Waals surface area (Å²) in [6, 6.07) is 7.22. The van der Waals surface area contributed by atoms with E-state index in [9.17, 15) is 4.79 Å². The number of halogens is 1. The Labute approximate surface area is 107 Å². The third-order valence-electron chi connectivity index (χ3n) is 2.25. The van der Waals surface area contributed by atoms with Crippen LogP contribution in [-0.4, -0.2) is 23.4 Å². The minimum absolute atomic E-state index is 0.344. The summed E-state index contributed by atoms with van der Waals surface area (Å²) in [4.78, 5) is 18.6. The van der Waals surface area contributed by atoms with Crippen molar-refractivity contribution in [2.75, 3.05) is 7.11 Å². The minimum Gasteiger partial charge on any atom is -0.496 e. The first-order valence-electron chi connectivity index (χ1n) is 4.85. The van der Waals surface area contributed by atoms with Gasteiger partial charge in [0.05, 0.1) is 12.8 Å². The number of carbonyl (C=O) groups excluding carboxylic acids is 1. The van der Waals surface area contributed by atoms with Gasteiger partial charge in [-0.1, -0.05) is 15.9 Å². The molecule has 4 nitrogen and oxygen atoms in total. The monoisotopic (exact) mass is 292 g/mol. The summed E-state index contributed by atoms with van der Waals surface area (Å²) in [5, 5.41) is 0. The highest BCUT2D eigenvalue weighted by Gasteiger charge is 2.08. The molecular weight excluding hydrogens is 284 g/mol. The molecule has 0 N–H and O–H groups in total. The van der Waals surface area contributed by atoms with E-state index in [0.717, 1.165) is 10.0 Å². The Balaban J connectivity index is 2.58. The molecule has 2 aromatic rings. The molecule has 0 aliphatic carbocycles. The number of carbonyl (C=O) groups is 1. The second kappa shape index (κ2) is 5.05. The third kappa shape index (κ3) is 2.50. The maximum Gasteiger partial charge on any atom is 0.168 e. The van der Waals surface area contributed by atoms with Crippen molar-refractivity contribution in [1.82, 2.24) is 9.97 Å². The van der Waals surface area contributed by atoms with Crippen LogP contribution in [0.3, 0.4) is 0 Å². The van der Waals surface area contributed by atoms with Gasteiger partial charge in [0, 0.05) is 10.0 Å². The molecule has 0 fully saturated rings. The SMILES string of the molecule is COc1ccc(Br)cc1-c1cc(C=O)ncn1. The van der Waals surface area contributed by atoms with E-state index in [1.54, 1.807) is 13.2 Å². The van der Waals surface area contributed by atoms with Crippen molar-refractivity contribution in [3.05, 3.63) is 40.8 Å². The van der Waals surface area contributed by atoms with Crippen molar-refractivity contribution in [2.24, 2.45) is 0 Å². The van der Waals surface area contributed by atoms with Gasteiger partial charge in [0.15, 0.2) is 6.29 Å². The highest BCUT2D eigenvalue weighted by molar-refractivity contribution is 9.10. The summed E-state index contributed by atoms with van der Waals surface area (Å²) in [7, 11) is 1.59. The van der Waals surface area contributed by atoms with E-state index in [-0.39, 0.29) is 0 Å². The maximum atomic E-state index is 10.7. The first-order chi connectivity index (χ1) is 8.24. The zero-order valence-corrected chi connectivity index (χ0v) is 10.6. The van der Waals surface area contributed by atoms with Crippen molar-refractivity contribution < 1.29 is 9.53 Å². The second-order valence-corrected chi connectivity index (χ2v) is 4.21. The van der Waals surface area contributed by atoms with Crippen molar-refractivity contribution in [1.29, 1.82) is 0 Å². The average molecular weight is 293 g/mol. The Kier molecular flexibility index (Phi) is 3.49. The zero-order chi connectivity index (χ0) is 12.3. The van der Waals surface area contributed by atoms with Crippen LogP contribution in [0.2, 0.25) is 0 Å². The van der Waals surface area contributed by atoms with Crippen LogP contribution < -0.4 is 4.74 Å². The summed E-state index contributed by atoms with van der Waals surface area (Å²) >= 11 is 3.39. The van der Waals surface area contributed by atoms with Crippen LogP contribution in [0.25, 0.3) is 11.3 Å². The summed E-state index contributed by atoms with van der Waals surface area (Å²) in [5.74, 6) is 0.698. The van der Waals surface area contributed by atoms with Crippen LogP contribution in [0.4, 0.5) is 0 Å². The fraction of sp³-hybridized carbons (Fsp3) is 0.0833. The normalized spacial score (nSPS) is 10.0. The number of nitrogens with zero attached hydrogens (tertiary/aromatic N) is 2. The van der Waals surface area contributed by atoms with Crippen molar-refractivity contribution in [3.8, 4) is 17.0 Å². The summed E-state index contributed by atoms with van der Waals surface area (Å²) < 4.78 is 6.17. The summed E-state index contributed by atoms with van der Waals surface area (Å²) in [6.45, 7) is 0. The molecule has 1 aromatic carbocycles. The molecule has 0 saturated carbocycles. The van der Waals surface area contributed by atoms with Gasteiger partial charge in [-0.25, -0.2) is 9.97 Å². The molecule has 86 valence electrons. The largest absolute Gasteiger partial charge is 0.496 e. The number of ether oxygens (including phenoxy) is 1. The van der Waals surface area contributed by atoms with Gasteiger partial charge in [-0.05, 0) is 24.3 Å². The van der Waals surface area contributed by atoms with Gasteiger partial charge < -0.3 is 4.74 Å². The van der Waals surface area contributed by atoms with Crippen LogP contribution in [0.5, 0.6) is 5.75 Å². The van der Waals surface area contributed by atoms with E-state index in [1.807, 2.05) is 18.2 Å². The number of methoxy groups -OCH3 is 1. The van der Waals surface area contributed by atoms with Gasteiger partial charge in [0.2, 0.25) is 0 Å². The lowest BCUT2D eigenvalue weighted by molar-refractivity contribution is 0.111. The van der Waals surface area contributed by atoms with Gasteiger partial charge in [-0.3, -0.25) is 4.79 Å². The van der Waals surface area contributed by atoms with Gasteiger partial charge in [-0.2, -0.15) is 0 Å². The van der Waals surface area contributed by atoms with E-state index in [0.29, 0.717) is 23.4 Å². The molecule has 0 amide bonds. The third-order valence-corrected chi connectivity index (χ3v) is 2.74. The molecule has 0 aliphatic rings. The molecule has 1 aromatic heterocycles. The smallest absolute Gasteiger partial charge is 0.168 e. The highest BCUT2D eigenvalue weighted by atomic mass is 79.9. The van der Waals surface area contributed by atoms with Gasteiger partial charge in [-0.15, -0.1) is 0 Å². The number of benzene rings is 1. The number of aldehydes is 1. The van der Waals surface area contributed by atoms with Crippen LogP contribution in [-0.2, 0) is 0 Å². The molecule has 0 bridgehead atoms. The lowest BCUT2D eigenvalue weighted by atomic mass is 10.1. The zero-order valence-electron chi connectivity index (χ0n) is 9.05. The standard InChI is InChI=1S/C12H9BrN2O2/c1-17-12-3-2-8(13)4-10(12)11-5-9(6-16)14-7-15-11/h2-7H,1H3. The molecule has 5 heteroatoms. The minimum atomic E-state index is 0.344. The molecule has 0 aliphatic heterocycles. The van der Waals surface area contributed by atoms with E-state index < -0.39 is 0 Å². The summed E-state index contributed by atoms with van der Waals surface area (Å²) in [6.07, 6.45) is 2.05. The Morgan fingerprint density at radius 2 is 2.12 bits per heavy atom. The molecule has 17 heavy (non-hydrogen) atoms. The maximum absolute atomic E-state index is 10.7. The number of hydrogen-bond acceptors (Lipinski definition) is 4. The fourth-order valence-electron chi connectivity index (χ4n) is 1.46. The molecule has 1 heterocycles. The average Bonchev–Trinajstić information content (AvgIpc) is 2.39. The van der Waals surface area contributed by atoms with Crippen LogP contribution in [0, 0.1) is 0 Å². The van der Waals surface area contributed by atoms with Crippen molar-refractivity contribution in [3.63, 3.8) is 0 Å². The molecule has 0 unspecified atom stereocenters. The lowest BCUT2D eigenvalue weighted by Gasteiger charge is -2.08. The Morgan fingerprint density at radius 1 is 1.29 bits per heavy atom. The molecule has 0 spiro atoms. The fourth-order valence-corrected chi connectivity index (χ4v) is 1.83. The number of hydrogen-bond donors (Lipinski definition) is 0. The van der Waals surface area contributed by atoms with Gasteiger partial charge in [0.25, 0.3) is 0 Å². The van der Waals surface area contributed by atoms with E-state index in [2.05, 4.69) is 25.9 Å². The highest BCUT2D eigenvalue weighted by Crippen LogP contribution is 2.31. The Morgan fingerprint density at radius 3 is 2.82 bits per heavy atom. The van der Waals surface area contributed by atoms with E-state index in [4.69, 9.17) is 4.74 Å². The van der Waals surface area contributed by atoms with Gasteiger partial charge >= 0.3 is 0 Å². The Hall–Kier alpha value is -1.75. The van der Waals surface area contributed by atoms with Gasteiger partial charge in [0.1, 0.15) is 17.8 Å². The molecule has 0 radical (unpaired) electrons. The van der Waals surface area contributed by atoms with Crippen molar-refractivity contribution in [2.45, 2.75) is 0 Å². The van der Waals surface area contributed by atoms with Crippen LogP contribution in [0.15, 0.2) is 35.1 Å². The van der Waals surface area contributed by atoms with Crippen LogP contribution >= 0.6 is 15.9 Å². The predicted molar refractivity (Wildman–Crippen MR) is 67.1 cm³/mol. The quantitative estimate of drug-likeness (QED) is 0.816. The first-order valence-corrected chi connectivity index (χ1v) is 5.65. The second-order valence-electron chi connectivity index (χ2n) is 3.29.